The predicted molar refractivity (Wildman–Crippen MR) is 88.5 cm³/mol. The molecule has 0 aliphatic rings. The fourth-order valence-corrected chi connectivity index (χ4v) is 0.681. The number of unbranched alkanes of at least 4 members (excludes halogenated alkanes) is 1. The SMILES string of the molecule is CC.CC.CCCCNC(=O)OC(C)(C)C.NCC(=O)O. The molecule has 0 unspecified atom stereocenters. The number of nitrogens with two attached hydrogens (primary N) is 1. The highest BCUT2D eigenvalue weighted by Crippen LogP contribution is 2.06. The molecule has 0 fully saturated rings. The van der Waals surface area contributed by atoms with E-state index in [1.807, 2.05) is 48.5 Å². The van der Waals surface area contributed by atoms with Crippen LogP contribution in [-0.4, -0.2) is 35.9 Å². The average molecular weight is 308 g/mol. The first kappa shape index (κ1) is 27.9. The lowest BCUT2D eigenvalue weighted by atomic mass is 10.2. The van der Waals surface area contributed by atoms with Crippen LogP contribution in [0.2, 0.25) is 0 Å². The van der Waals surface area contributed by atoms with Crippen molar-refractivity contribution in [3.05, 3.63) is 0 Å². The second-order valence-corrected chi connectivity index (χ2v) is 4.38. The molecule has 0 aromatic rings. The molecular weight excluding hydrogens is 272 g/mol. The Labute approximate surface area is 130 Å². The highest BCUT2D eigenvalue weighted by atomic mass is 16.6. The van der Waals surface area contributed by atoms with Gasteiger partial charge in [0.2, 0.25) is 0 Å². The van der Waals surface area contributed by atoms with Crippen molar-refractivity contribution >= 4 is 12.1 Å². The number of ether oxygens (including phenoxy) is 1. The summed E-state index contributed by atoms with van der Waals surface area (Å²) >= 11 is 0. The fourth-order valence-electron chi connectivity index (χ4n) is 0.681. The summed E-state index contributed by atoms with van der Waals surface area (Å²) in [6.45, 7) is 16.1. The highest BCUT2D eigenvalue weighted by Gasteiger charge is 2.14. The number of carboxylic acids is 1. The molecule has 0 aliphatic carbocycles. The van der Waals surface area contributed by atoms with Gasteiger partial charge < -0.3 is 20.9 Å². The van der Waals surface area contributed by atoms with Crippen molar-refractivity contribution in [2.24, 2.45) is 5.73 Å². The quantitative estimate of drug-likeness (QED) is 0.691. The summed E-state index contributed by atoms with van der Waals surface area (Å²) in [4.78, 5) is 20.2. The van der Waals surface area contributed by atoms with Crippen molar-refractivity contribution in [2.45, 2.75) is 73.8 Å². The van der Waals surface area contributed by atoms with Gasteiger partial charge in [0.1, 0.15) is 5.60 Å². The first-order valence-electron chi connectivity index (χ1n) is 7.61. The predicted octanol–water partition coefficient (Wildman–Crippen LogP) is 3.39. The third-order valence-electron chi connectivity index (χ3n) is 1.37. The molecule has 4 N–H and O–H groups in total. The van der Waals surface area contributed by atoms with Crippen LogP contribution in [0.5, 0.6) is 0 Å². The van der Waals surface area contributed by atoms with Crippen molar-refractivity contribution in [1.82, 2.24) is 5.32 Å². The average Bonchev–Trinajstić information content (AvgIpc) is 2.42. The van der Waals surface area contributed by atoms with E-state index in [2.05, 4.69) is 18.0 Å². The third-order valence-corrected chi connectivity index (χ3v) is 1.37. The molecule has 0 aliphatic heterocycles. The van der Waals surface area contributed by atoms with Gasteiger partial charge in [0.15, 0.2) is 0 Å². The smallest absolute Gasteiger partial charge is 0.407 e. The largest absolute Gasteiger partial charge is 0.480 e. The number of carboxylic acid groups (broad SMARTS) is 1. The van der Waals surface area contributed by atoms with Gasteiger partial charge in [-0.3, -0.25) is 4.79 Å². The van der Waals surface area contributed by atoms with E-state index in [-0.39, 0.29) is 12.6 Å². The Morgan fingerprint density at radius 1 is 1.14 bits per heavy atom. The molecule has 0 rings (SSSR count). The molecular formula is C15H36N2O4. The number of rotatable bonds is 4. The van der Waals surface area contributed by atoms with E-state index in [0.29, 0.717) is 6.54 Å². The Kier molecular flexibility index (Phi) is 28.0. The molecule has 0 spiro atoms. The lowest BCUT2D eigenvalue weighted by Gasteiger charge is -2.19. The van der Waals surface area contributed by atoms with Gasteiger partial charge in [-0.05, 0) is 27.2 Å². The van der Waals surface area contributed by atoms with Crippen LogP contribution in [-0.2, 0) is 9.53 Å². The number of hydrogen-bond donors (Lipinski definition) is 3. The minimum Gasteiger partial charge on any atom is -0.480 e. The van der Waals surface area contributed by atoms with Gasteiger partial charge in [-0.15, -0.1) is 0 Å². The standard InChI is InChI=1S/C9H19NO2.C2H5NO2.2C2H6/c1-5-6-7-10-8(11)12-9(2,3)4;3-1-2(4)5;2*1-2/h5-7H2,1-4H3,(H,10,11);1,3H2,(H,4,5);2*1-2H3. The molecule has 0 aromatic carbocycles. The minimum atomic E-state index is -0.968. The van der Waals surface area contributed by atoms with Crippen LogP contribution in [0.15, 0.2) is 0 Å². The molecule has 1 amide bonds. The summed E-state index contributed by atoms with van der Waals surface area (Å²) in [5.41, 5.74) is 4.18. The fraction of sp³-hybridized carbons (Fsp3) is 0.867. The van der Waals surface area contributed by atoms with E-state index < -0.39 is 11.6 Å². The summed E-state index contributed by atoms with van der Waals surface area (Å²) in [6.07, 6.45) is 1.76. The monoisotopic (exact) mass is 308 g/mol. The number of aliphatic carboxylic acids is 1. The van der Waals surface area contributed by atoms with E-state index in [4.69, 9.17) is 9.84 Å². The maximum Gasteiger partial charge on any atom is 0.407 e. The van der Waals surface area contributed by atoms with Crippen molar-refractivity contribution in [3.8, 4) is 0 Å². The maximum atomic E-state index is 11.0. The van der Waals surface area contributed by atoms with E-state index in [9.17, 15) is 9.59 Å². The van der Waals surface area contributed by atoms with Gasteiger partial charge in [0.05, 0.1) is 6.54 Å². The van der Waals surface area contributed by atoms with Gasteiger partial charge in [-0.1, -0.05) is 41.0 Å². The van der Waals surface area contributed by atoms with Crippen LogP contribution in [0.4, 0.5) is 4.79 Å². The molecule has 21 heavy (non-hydrogen) atoms. The molecule has 0 atom stereocenters. The van der Waals surface area contributed by atoms with Gasteiger partial charge in [-0.25, -0.2) is 4.79 Å². The zero-order chi connectivity index (χ0) is 17.9. The van der Waals surface area contributed by atoms with Crippen molar-refractivity contribution < 1.29 is 19.4 Å². The summed E-state index contributed by atoms with van der Waals surface area (Å²) in [5.74, 6) is -0.968. The van der Waals surface area contributed by atoms with Crippen molar-refractivity contribution in [1.29, 1.82) is 0 Å². The lowest BCUT2D eigenvalue weighted by molar-refractivity contribution is -0.135. The zero-order valence-electron chi connectivity index (χ0n) is 15.1. The summed E-state index contributed by atoms with van der Waals surface area (Å²) in [7, 11) is 0. The molecule has 130 valence electrons. The highest BCUT2D eigenvalue weighted by molar-refractivity contribution is 5.68. The van der Waals surface area contributed by atoms with Crippen LogP contribution in [0.1, 0.15) is 68.2 Å². The molecule has 0 radical (unpaired) electrons. The Balaban J connectivity index is -0.000000134. The second kappa shape index (κ2) is 21.0. The molecule has 0 heterocycles. The van der Waals surface area contributed by atoms with Crippen LogP contribution < -0.4 is 11.1 Å². The second-order valence-electron chi connectivity index (χ2n) is 4.38. The van der Waals surface area contributed by atoms with Gasteiger partial charge >= 0.3 is 12.1 Å². The zero-order valence-corrected chi connectivity index (χ0v) is 15.1. The van der Waals surface area contributed by atoms with Crippen LogP contribution in [0.25, 0.3) is 0 Å². The number of hydrogen-bond acceptors (Lipinski definition) is 4. The Morgan fingerprint density at radius 3 is 1.76 bits per heavy atom. The van der Waals surface area contributed by atoms with Gasteiger partial charge in [-0.2, -0.15) is 0 Å². The minimum absolute atomic E-state index is 0.278. The van der Waals surface area contributed by atoms with Crippen LogP contribution in [0.3, 0.4) is 0 Å². The molecule has 0 saturated carbocycles. The molecule has 0 saturated heterocycles. The van der Waals surface area contributed by atoms with Gasteiger partial charge in [0.25, 0.3) is 0 Å². The summed E-state index contributed by atoms with van der Waals surface area (Å²) in [5, 5.41) is 10.3. The molecule has 6 nitrogen and oxygen atoms in total. The van der Waals surface area contributed by atoms with Crippen LogP contribution in [0, 0.1) is 0 Å². The number of carbonyl (C=O) groups is 2. The Morgan fingerprint density at radius 2 is 1.52 bits per heavy atom. The van der Waals surface area contributed by atoms with E-state index in [0.717, 1.165) is 12.8 Å². The van der Waals surface area contributed by atoms with Crippen LogP contribution >= 0.6 is 0 Å². The number of alkyl carbamates (subject to hydrolysis) is 1. The number of amides is 1. The number of nitrogens with one attached hydrogen (secondary N) is 1. The molecule has 6 heteroatoms. The Hall–Kier alpha value is -1.30. The normalized spacial score (nSPS) is 8.62. The van der Waals surface area contributed by atoms with E-state index >= 15 is 0 Å². The van der Waals surface area contributed by atoms with E-state index in [1.54, 1.807) is 0 Å². The maximum absolute atomic E-state index is 11.0. The Bertz CT molecular complexity index is 226. The first-order chi connectivity index (χ1) is 9.72. The molecule has 0 bridgehead atoms. The topological polar surface area (TPSA) is 102 Å². The summed E-state index contributed by atoms with van der Waals surface area (Å²) in [6, 6.07) is 0. The van der Waals surface area contributed by atoms with Crippen molar-refractivity contribution in [3.63, 3.8) is 0 Å². The number of carbonyl (C=O) groups excluding carboxylic acids is 1. The lowest BCUT2D eigenvalue weighted by Crippen LogP contribution is -2.32. The first-order valence-corrected chi connectivity index (χ1v) is 7.61. The van der Waals surface area contributed by atoms with Crippen molar-refractivity contribution in [2.75, 3.05) is 13.1 Å². The summed E-state index contributed by atoms with van der Waals surface area (Å²) < 4.78 is 5.03. The molecule has 0 aromatic heterocycles. The third kappa shape index (κ3) is 45.6. The van der Waals surface area contributed by atoms with Gasteiger partial charge in [0, 0.05) is 6.54 Å². The van der Waals surface area contributed by atoms with E-state index in [1.165, 1.54) is 0 Å².